The molecule has 6 nitrogen and oxygen atoms in total. The number of aromatic nitrogens is 5. The van der Waals surface area contributed by atoms with E-state index >= 15 is 0 Å². The zero-order valence-electron chi connectivity index (χ0n) is 14.3. The van der Waals surface area contributed by atoms with E-state index in [2.05, 4.69) is 25.1 Å². The molecule has 0 aliphatic carbocycles. The Morgan fingerprint density at radius 1 is 1.04 bits per heavy atom. The van der Waals surface area contributed by atoms with Crippen molar-refractivity contribution in [1.82, 2.24) is 25.1 Å². The third-order valence-corrected chi connectivity index (χ3v) is 4.80. The van der Waals surface area contributed by atoms with E-state index in [0.29, 0.717) is 27.5 Å². The van der Waals surface area contributed by atoms with E-state index in [1.54, 1.807) is 12.3 Å². The van der Waals surface area contributed by atoms with Crippen LogP contribution in [0.1, 0.15) is 12.6 Å². The lowest BCUT2D eigenvalue weighted by molar-refractivity contribution is 0.465. The fraction of sp³-hybridized carbons (Fsp3) is 0.105. The van der Waals surface area contributed by atoms with Gasteiger partial charge in [-0.05, 0) is 48.5 Å². The molecule has 0 radical (unpaired) electrons. The van der Waals surface area contributed by atoms with E-state index in [9.17, 15) is 0 Å². The molecule has 1 aromatic carbocycles. The summed E-state index contributed by atoms with van der Waals surface area (Å²) < 4.78 is 5.75. The number of halogens is 1. The van der Waals surface area contributed by atoms with Gasteiger partial charge < -0.3 is 4.42 Å². The summed E-state index contributed by atoms with van der Waals surface area (Å²) in [4.78, 5) is 13.5. The Morgan fingerprint density at radius 3 is 2.67 bits per heavy atom. The molecule has 0 unspecified atom stereocenters. The SMILES string of the molecule is CCc1cc(Sc2nnc(-c3ccccc3Cl)o2)nc(-c2ccccn2)n1. The van der Waals surface area contributed by atoms with Gasteiger partial charge in [0, 0.05) is 11.9 Å². The quantitative estimate of drug-likeness (QED) is 0.442. The predicted molar refractivity (Wildman–Crippen MR) is 104 cm³/mol. The van der Waals surface area contributed by atoms with Crippen LogP contribution in [-0.4, -0.2) is 25.1 Å². The molecule has 0 N–H and O–H groups in total. The molecule has 4 aromatic rings. The molecule has 0 aliphatic heterocycles. The average molecular weight is 396 g/mol. The van der Waals surface area contributed by atoms with Crippen molar-refractivity contribution in [2.75, 3.05) is 0 Å². The van der Waals surface area contributed by atoms with E-state index in [4.69, 9.17) is 16.0 Å². The Morgan fingerprint density at radius 2 is 1.89 bits per heavy atom. The van der Waals surface area contributed by atoms with Crippen LogP contribution in [0.5, 0.6) is 0 Å². The Kier molecular flexibility index (Phi) is 5.13. The summed E-state index contributed by atoms with van der Waals surface area (Å²) in [6, 6.07) is 14.9. The van der Waals surface area contributed by atoms with Crippen LogP contribution >= 0.6 is 23.4 Å². The van der Waals surface area contributed by atoms with Crippen molar-refractivity contribution < 1.29 is 4.42 Å². The van der Waals surface area contributed by atoms with Gasteiger partial charge in [-0.2, -0.15) is 0 Å². The standard InChI is InChI=1S/C19H14ClN5OS/c1-2-12-11-16(23-17(22-12)15-9-5-6-10-21-15)27-19-25-24-18(26-19)13-7-3-4-8-14(13)20/h3-11H,2H2,1H3. The van der Waals surface area contributed by atoms with Crippen molar-refractivity contribution in [3.8, 4) is 23.0 Å². The van der Waals surface area contributed by atoms with Gasteiger partial charge in [0.1, 0.15) is 10.7 Å². The van der Waals surface area contributed by atoms with Crippen LogP contribution < -0.4 is 0 Å². The van der Waals surface area contributed by atoms with Crippen molar-refractivity contribution in [3.05, 3.63) is 65.4 Å². The first-order valence-corrected chi connectivity index (χ1v) is 9.48. The number of rotatable bonds is 5. The second-order valence-electron chi connectivity index (χ2n) is 5.54. The summed E-state index contributed by atoms with van der Waals surface area (Å²) in [5.74, 6) is 0.945. The van der Waals surface area contributed by atoms with Crippen LogP contribution in [0.3, 0.4) is 0 Å². The fourth-order valence-corrected chi connectivity index (χ4v) is 3.32. The van der Waals surface area contributed by atoms with Crippen molar-refractivity contribution in [3.63, 3.8) is 0 Å². The van der Waals surface area contributed by atoms with Gasteiger partial charge in [-0.3, -0.25) is 4.98 Å². The van der Waals surface area contributed by atoms with Crippen LogP contribution in [0.4, 0.5) is 0 Å². The first-order valence-electron chi connectivity index (χ1n) is 8.28. The summed E-state index contributed by atoms with van der Waals surface area (Å²) in [6.07, 6.45) is 2.50. The second kappa shape index (κ2) is 7.85. The molecule has 0 amide bonds. The third kappa shape index (κ3) is 3.99. The lowest BCUT2D eigenvalue weighted by atomic mass is 10.2. The Labute approximate surface area is 165 Å². The molecular weight excluding hydrogens is 382 g/mol. The molecule has 8 heteroatoms. The zero-order chi connectivity index (χ0) is 18.6. The predicted octanol–water partition coefficient (Wildman–Crippen LogP) is 4.96. The summed E-state index contributed by atoms with van der Waals surface area (Å²) in [5.41, 5.74) is 2.33. The molecule has 0 bridgehead atoms. The van der Waals surface area contributed by atoms with Crippen LogP contribution in [0, 0.1) is 0 Å². The smallest absolute Gasteiger partial charge is 0.283 e. The number of aryl methyl sites for hydroxylation is 1. The molecule has 0 aliphatic rings. The molecule has 0 atom stereocenters. The lowest BCUT2D eigenvalue weighted by Crippen LogP contribution is -1.97. The van der Waals surface area contributed by atoms with Gasteiger partial charge in [0.05, 0.1) is 10.6 Å². The molecule has 3 aromatic heterocycles. The van der Waals surface area contributed by atoms with Crippen LogP contribution in [0.25, 0.3) is 23.0 Å². The fourth-order valence-electron chi connectivity index (χ4n) is 2.40. The third-order valence-electron chi connectivity index (χ3n) is 3.71. The normalized spacial score (nSPS) is 10.9. The van der Waals surface area contributed by atoms with Crippen molar-refractivity contribution >= 4 is 23.4 Å². The molecule has 27 heavy (non-hydrogen) atoms. The van der Waals surface area contributed by atoms with E-state index < -0.39 is 0 Å². The minimum atomic E-state index is 0.373. The first-order chi connectivity index (χ1) is 13.2. The summed E-state index contributed by atoms with van der Waals surface area (Å²) in [6.45, 7) is 2.04. The number of benzene rings is 1. The Hall–Kier alpha value is -2.77. The Bertz CT molecular complexity index is 1070. The molecule has 0 saturated heterocycles. The summed E-state index contributed by atoms with van der Waals surface area (Å²) >= 11 is 7.48. The van der Waals surface area contributed by atoms with Gasteiger partial charge >= 0.3 is 0 Å². The summed E-state index contributed by atoms with van der Waals surface area (Å²) in [7, 11) is 0. The molecule has 0 spiro atoms. The highest BCUT2D eigenvalue weighted by molar-refractivity contribution is 7.99. The molecule has 3 heterocycles. The highest BCUT2D eigenvalue weighted by atomic mass is 35.5. The number of pyridine rings is 1. The topological polar surface area (TPSA) is 77.6 Å². The van der Waals surface area contributed by atoms with E-state index in [-0.39, 0.29) is 0 Å². The van der Waals surface area contributed by atoms with E-state index in [1.165, 1.54) is 11.8 Å². The number of nitrogens with zero attached hydrogens (tertiary/aromatic N) is 5. The highest BCUT2D eigenvalue weighted by Gasteiger charge is 2.15. The largest absolute Gasteiger partial charge is 0.411 e. The monoisotopic (exact) mass is 395 g/mol. The van der Waals surface area contributed by atoms with Crippen LogP contribution in [0.2, 0.25) is 5.02 Å². The van der Waals surface area contributed by atoms with Gasteiger partial charge in [0.25, 0.3) is 5.22 Å². The lowest BCUT2D eigenvalue weighted by Gasteiger charge is -2.05. The minimum absolute atomic E-state index is 0.373. The highest BCUT2D eigenvalue weighted by Crippen LogP contribution is 2.32. The minimum Gasteiger partial charge on any atom is -0.411 e. The van der Waals surface area contributed by atoms with Crippen molar-refractivity contribution in [2.24, 2.45) is 0 Å². The van der Waals surface area contributed by atoms with Gasteiger partial charge in [-0.15, -0.1) is 10.2 Å². The van der Waals surface area contributed by atoms with E-state index in [0.717, 1.165) is 22.8 Å². The maximum Gasteiger partial charge on any atom is 0.283 e. The number of hydrogen-bond acceptors (Lipinski definition) is 7. The first kappa shape index (κ1) is 17.6. The molecule has 0 saturated carbocycles. The van der Waals surface area contributed by atoms with Crippen LogP contribution in [-0.2, 0) is 6.42 Å². The van der Waals surface area contributed by atoms with Gasteiger partial charge in [-0.25, -0.2) is 9.97 Å². The molecule has 0 fully saturated rings. The van der Waals surface area contributed by atoms with Gasteiger partial charge in [-0.1, -0.05) is 36.7 Å². The summed E-state index contributed by atoms with van der Waals surface area (Å²) in [5, 5.41) is 9.85. The maximum absolute atomic E-state index is 6.19. The van der Waals surface area contributed by atoms with Crippen molar-refractivity contribution in [1.29, 1.82) is 0 Å². The van der Waals surface area contributed by atoms with Gasteiger partial charge in [0.2, 0.25) is 5.89 Å². The maximum atomic E-state index is 6.19. The second-order valence-corrected chi connectivity index (χ2v) is 6.92. The van der Waals surface area contributed by atoms with E-state index in [1.807, 2.05) is 49.4 Å². The molecule has 134 valence electrons. The van der Waals surface area contributed by atoms with Crippen LogP contribution in [0.15, 0.2) is 69.4 Å². The van der Waals surface area contributed by atoms with Crippen molar-refractivity contribution in [2.45, 2.75) is 23.6 Å². The van der Waals surface area contributed by atoms with Gasteiger partial charge in [0.15, 0.2) is 5.82 Å². The number of hydrogen-bond donors (Lipinski definition) is 0. The molecule has 4 rings (SSSR count). The molecular formula is C19H14ClN5OS. The Balaban J connectivity index is 1.64. The average Bonchev–Trinajstić information content (AvgIpc) is 3.17. The zero-order valence-corrected chi connectivity index (χ0v) is 15.9.